The van der Waals surface area contributed by atoms with Crippen molar-refractivity contribution in [3.05, 3.63) is 86.9 Å². The van der Waals surface area contributed by atoms with Gasteiger partial charge in [0.15, 0.2) is 0 Å². The minimum atomic E-state index is -1.26. The normalized spacial score (nSPS) is 19.1. The molecule has 0 aliphatic carbocycles. The van der Waals surface area contributed by atoms with E-state index in [1.807, 2.05) is 18.2 Å². The van der Waals surface area contributed by atoms with Gasteiger partial charge in [-0.1, -0.05) is 23.2 Å². The molecule has 0 aromatic heterocycles. The number of imide groups is 1. The first-order chi connectivity index (χ1) is 20.5. The molecule has 2 aliphatic heterocycles. The largest absolute Gasteiger partial charge is 0.497 e. The number of piperidine rings is 1. The molecular formula is C33H36Cl2N3O5+. The molecule has 1 unspecified atom stereocenters. The van der Waals surface area contributed by atoms with Crippen LogP contribution in [0.5, 0.6) is 11.5 Å². The second-order valence-corrected chi connectivity index (χ2v) is 12.4. The molecule has 1 saturated heterocycles. The summed E-state index contributed by atoms with van der Waals surface area (Å²) in [5.41, 5.74) is 1.70. The van der Waals surface area contributed by atoms with Crippen molar-refractivity contribution in [1.29, 1.82) is 0 Å². The SMILES string of the molecule is COc1ccc(CN2C(=O)C(C)(c3cc(C(=O)[N+]4(C(=O)N(C)C)CCCCC4)ccc3Cl)c3cc(Cl)ccc32)c(OC)c1. The first-order valence-corrected chi connectivity index (χ1v) is 15.0. The van der Waals surface area contributed by atoms with E-state index >= 15 is 0 Å². The quantitative estimate of drug-likeness (QED) is 0.286. The van der Waals surface area contributed by atoms with Gasteiger partial charge in [0.2, 0.25) is 5.91 Å². The second kappa shape index (κ2) is 11.8. The Bertz CT molecular complexity index is 1600. The highest BCUT2D eigenvalue weighted by Crippen LogP contribution is 2.50. The van der Waals surface area contributed by atoms with Gasteiger partial charge in [-0.2, -0.15) is 4.48 Å². The predicted octanol–water partition coefficient (Wildman–Crippen LogP) is 6.69. The Morgan fingerprint density at radius 2 is 1.65 bits per heavy atom. The minimum absolute atomic E-state index is 0.222. The lowest BCUT2D eigenvalue weighted by Crippen LogP contribution is -2.62. The number of benzene rings is 3. The van der Waals surface area contributed by atoms with Crippen molar-refractivity contribution in [2.24, 2.45) is 0 Å². The second-order valence-electron chi connectivity index (χ2n) is 11.5. The molecule has 8 nitrogen and oxygen atoms in total. The molecule has 43 heavy (non-hydrogen) atoms. The van der Waals surface area contributed by atoms with Crippen molar-refractivity contribution < 1.29 is 28.3 Å². The number of rotatable bonds is 6. The van der Waals surface area contributed by atoms with Gasteiger partial charge in [0.25, 0.3) is 0 Å². The fourth-order valence-electron chi connectivity index (χ4n) is 6.41. The third-order valence-corrected chi connectivity index (χ3v) is 9.32. The first-order valence-electron chi connectivity index (χ1n) is 14.2. The Morgan fingerprint density at radius 3 is 2.30 bits per heavy atom. The Kier molecular flexibility index (Phi) is 8.49. The molecule has 1 atom stereocenters. The first kappa shape index (κ1) is 30.9. The molecule has 0 radical (unpaired) electrons. The zero-order valence-corrected chi connectivity index (χ0v) is 26.6. The zero-order chi connectivity index (χ0) is 31.1. The minimum Gasteiger partial charge on any atom is -0.497 e. The number of urea groups is 1. The number of quaternary nitrogens is 1. The van der Waals surface area contributed by atoms with Crippen molar-refractivity contribution in [1.82, 2.24) is 4.90 Å². The molecule has 3 aromatic rings. The zero-order valence-electron chi connectivity index (χ0n) is 25.1. The van der Waals surface area contributed by atoms with E-state index in [2.05, 4.69) is 0 Å². The maximum Gasteiger partial charge on any atom is 0.426 e. The van der Waals surface area contributed by atoms with Crippen molar-refractivity contribution in [3.63, 3.8) is 0 Å². The lowest BCUT2D eigenvalue weighted by molar-refractivity contribution is -0.777. The fraction of sp³-hybridized carbons (Fsp3) is 0.364. The van der Waals surface area contributed by atoms with Gasteiger partial charge in [0.05, 0.1) is 39.4 Å². The van der Waals surface area contributed by atoms with E-state index in [0.717, 1.165) is 24.8 Å². The summed E-state index contributed by atoms with van der Waals surface area (Å²) in [6, 6.07) is 15.5. The molecule has 226 valence electrons. The number of nitrogens with zero attached hydrogens (tertiary/aromatic N) is 3. The van der Waals surface area contributed by atoms with Crippen molar-refractivity contribution in [2.45, 2.75) is 38.1 Å². The summed E-state index contributed by atoms with van der Waals surface area (Å²) in [4.78, 5) is 45.3. The molecule has 5 rings (SSSR count). The summed E-state index contributed by atoms with van der Waals surface area (Å²) in [6.45, 7) is 2.89. The Morgan fingerprint density at radius 1 is 0.930 bits per heavy atom. The van der Waals surface area contributed by atoms with Gasteiger partial charge in [-0.3, -0.25) is 9.69 Å². The third-order valence-electron chi connectivity index (χ3n) is 8.75. The summed E-state index contributed by atoms with van der Waals surface area (Å²) < 4.78 is 10.7. The molecule has 2 aliphatic rings. The molecule has 0 spiro atoms. The van der Waals surface area contributed by atoms with Crippen LogP contribution < -0.4 is 14.4 Å². The Labute approximate surface area is 262 Å². The average molecular weight is 626 g/mol. The fourth-order valence-corrected chi connectivity index (χ4v) is 6.89. The monoisotopic (exact) mass is 624 g/mol. The average Bonchev–Trinajstić information content (AvgIpc) is 3.22. The molecule has 0 saturated carbocycles. The van der Waals surface area contributed by atoms with Crippen LogP contribution in [0, 0.1) is 0 Å². The van der Waals surface area contributed by atoms with Crippen molar-refractivity contribution in [3.8, 4) is 11.5 Å². The summed E-state index contributed by atoms with van der Waals surface area (Å²) in [6.07, 6.45) is 2.52. The molecule has 0 bridgehead atoms. The number of carbonyl (C=O) groups is 3. The number of carbonyl (C=O) groups excluding carboxylic acids is 3. The van der Waals surface area contributed by atoms with E-state index in [1.54, 1.807) is 76.5 Å². The predicted molar refractivity (Wildman–Crippen MR) is 167 cm³/mol. The standard InChI is InChI=1S/C33H36Cl2N3O5/c1-33(25-17-21(10-13-27(25)35)30(39)38(32(41)36(2)3)15-7-6-8-16-38)26-18-23(34)11-14-28(26)37(31(33)40)20-22-9-12-24(42-4)19-29(22)43-5/h9-14,17-19H,6-8,15-16,20H2,1-5H3/q+1. The van der Waals surface area contributed by atoms with E-state index in [-0.39, 0.29) is 28.9 Å². The van der Waals surface area contributed by atoms with E-state index in [0.29, 0.717) is 57.0 Å². The number of hydrogen-bond acceptors (Lipinski definition) is 5. The Balaban J connectivity index is 1.61. The number of methoxy groups -OCH3 is 2. The molecule has 4 amide bonds. The van der Waals surface area contributed by atoms with Crippen molar-refractivity contribution in [2.75, 3.05) is 46.3 Å². The van der Waals surface area contributed by atoms with Crippen LogP contribution >= 0.6 is 23.2 Å². The van der Waals surface area contributed by atoms with E-state index < -0.39 is 5.41 Å². The third kappa shape index (κ3) is 5.15. The van der Waals surface area contributed by atoms with Gasteiger partial charge >= 0.3 is 11.9 Å². The van der Waals surface area contributed by atoms with Crippen LogP contribution in [-0.4, -0.2) is 68.6 Å². The van der Waals surface area contributed by atoms with Crippen LogP contribution in [-0.2, 0) is 16.8 Å². The van der Waals surface area contributed by atoms with Crippen LogP contribution in [0.4, 0.5) is 10.5 Å². The number of hydrogen-bond donors (Lipinski definition) is 0. The maximum atomic E-state index is 14.5. The highest BCUT2D eigenvalue weighted by Gasteiger charge is 2.51. The topological polar surface area (TPSA) is 76.2 Å². The highest BCUT2D eigenvalue weighted by molar-refractivity contribution is 6.33. The molecule has 0 N–H and O–H groups in total. The number of fused-ring (bicyclic) bond motifs is 1. The number of likely N-dealkylation sites (tertiary alicyclic amines) is 1. The molecule has 10 heteroatoms. The number of anilines is 1. The van der Waals surface area contributed by atoms with E-state index in [4.69, 9.17) is 32.7 Å². The van der Waals surface area contributed by atoms with Crippen molar-refractivity contribution >= 4 is 46.7 Å². The summed E-state index contributed by atoms with van der Waals surface area (Å²) in [7, 11) is 6.49. The van der Waals surface area contributed by atoms with Crippen LogP contribution in [0.25, 0.3) is 0 Å². The van der Waals surface area contributed by atoms with Crippen LogP contribution in [0.2, 0.25) is 10.0 Å². The van der Waals surface area contributed by atoms with Crippen LogP contribution in [0.3, 0.4) is 0 Å². The smallest absolute Gasteiger partial charge is 0.426 e. The molecule has 2 heterocycles. The molecule has 3 aromatic carbocycles. The number of ether oxygens (including phenoxy) is 2. The van der Waals surface area contributed by atoms with Crippen LogP contribution in [0.1, 0.15) is 53.2 Å². The van der Waals surface area contributed by atoms with E-state index in [1.165, 1.54) is 4.90 Å². The van der Waals surface area contributed by atoms with Gasteiger partial charge in [0.1, 0.15) is 16.9 Å². The summed E-state index contributed by atoms with van der Waals surface area (Å²) in [5, 5.41) is 0.811. The summed E-state index contributed by atoms with van der Waals surface area (Å²) in [5.74, 6) is 0.709. The summed E-state index contributed by atoms with van der Waals surface area (Å²) >= 11 is 13.3. The maximum absolute atomic E-state index is 14.5. The Hall–Kier alpha value is -3.59. The van der Waals surface area contributed by atoms with Crippen LogP contribution in [0.15, 0.2) is 54.6 Å². The van der Waals surface area contributed by atoms with Gasteiger partial charge in [-0.25, -0.2) is 9.59 Å². The van der Waals surface area contributed by atoms with E-state index in [9.17, 15) is 14.4 Å². The number of halogens is 2. The lowest BCUT2D eigenvalue weighted by atomic mass is 9.76. The van der Waals surface area contributed by atoms with Gasteiger partial charge in [0, 0.05) is 41.5 Å². The van der Waals surface area contributed by atoms with Gasteiger partial charge in [-0.15, -0.1) is 0 Å². The van der Waals surface area contributed by atoms with Gasteiger partial charge < -0.3 is 14.4 Å². The highest BCUT2D eigenvalue weighted by atomic mass is 35.5. The number of amides is 4. The van der Waals surface area contributed by atoms with Gasteiger partial charge in [-0.05, 0) is 85.8 Å². The lowest BCUT2D eigenvalue weighted by Gasteiger charge is -2.37. The molecular weight excluding hydrogens is 589 g/mol. The molecule has 1 fully saturated rings.